The number of carbonyl (C=O) groups is 1. The van der Waals surface area contributed by atoms with Gasteiger partial charge >= 0.3 is 12.1 Å². The molecule has 4 aromatic rings. The number of fused-ring (bicyclic) bond motifs is 1. The van der Waals surface area contributed by atoms with Gasteiger partial charge in [0, 0.05) is 12.4 Å². The van der Waals surface area contributed by atoms with Crippen LogP contribution in [0.2, 0.25) is 10.0 Å². The molecule has 1 aromatic carbocycles. The molecule has 3 aromatic heterocycles. The summed E-state index contributed by atoms with van der Waals surface area (Å²) in [5, 5.41) is 17.0. The Balaban J connectivity index is 1.67. The standard InChI is InChI=1S/C23H18Cl2F4N4O3/c1-22(2,3)13(21(34)35)4-10-5-14(24)12(7-16(10)26)19-31-32-20(36-19)17-9-33-8-11(23(27,28)29)6-15(25)18(33)30-17/h5-9,13H,4H2,1-3H3,(H,34,35). The van der Waals surface area contributed by atoms with E-state index in [1.165, 1.54) is 12.3 Å². The molecule has 0 spiro atoms. The monoisotopic (exact) mass is 544 g/mol. The molecular weight excluding hydrogens is 527 g/mol. The molecule has 190 valence electrons. The Morgan fingerprint density at radius 2 is 1.75 bits per heavy atom. The average molecular weight is 545 g/mol. The van der Waals surface area contributed by atoms with Gasteiger partial charge in [0.15, 0.2) is 5.65 Å². The first kappa shape index (κ1) is 25.9. The second-order valence-electron chi connectivity index (χ2n) is 9.23. The van der Waals surface area contributed by atoms with Crippen molar-refractivity contribution in [2.45, 2.75) is 33.4 Å². The van der Waals surface area contributed by atoms with Crippen LogP contribution in [0.5, 0.6) is 0 Å². The van der Waals surface area contributed by atoms with Crippen LogP contribution in [0.1, 0.15) is 31.9 Å². The highest BCUT2D eigenvalue weighted by atomic mass is 35.5. The maximum atomic E-state index is 14.9. The predicted molar refractivity (Wildman–Crippen MR) is 123 cm³/mol. The number of nitrogens with zero attached hydrogens (tertiary/aromatic N) is 4. The fourth-order valence-electron chi connectivity index (χ4n) is 3.64. The number of imidazole rings is 1. The lowest BCUT2D eigenvalue weighted by Gasteiger charge is -2.27. The van der Waals surface area contributed by atoms with Gasteiger partial charge in [-0.2, -0.15) is 13.2 Å². The van der Waals surface area contributed by atoms with Gasteiger partial charge in [0.2, 0.25) is 5.89 Å². The van der Waals surface area contributed by atoms with Crippen LogP contribution < -0.4 is 0 Å². The van der Waals surface area contributed by atoms with E-state index >= 15 is 0 Å². The van der Waals surface area contributed by atoms with E-state index in [0.29, 0.717) is 0 Å². The fourth-order valence-corrected chi connectivity index (χ4v) is 4.17. The zero-order valence-electron chi connectivity index (χ0n) is 19.0. The van der Waals surface area contributed by atoms with Crippen molar-refractivity contribution in [2.24, 2.45) is 11.3 Å². The van der Waals surface area contributed by atoms with Gasteiger partial charge in [-0.25, -0.2) is 9.37 Å². The Morgan fingerprint density at radius 3 is 2.36 bits per heavy atom. The summed E-state index contributed by atoms with van der Waals surface area (Å²) in [5.41, 5.74) is -1.34. The molecule has 1 unspecified atom stereocenters. The summed E-state index contributed by atoms with van der Waals surface area (Å²) in [5.74, 6) is -2.94. The number of rotatable bonds is 5. The third-order valence-electron chi connectivity index (χ3n) is 5.61. The van der Waals surface area contributed by atoms with Crippen molar-refractivity contribution in [3.63, 3.8) is 0 Å². The van der Waals surface area contributed by atoms with Crippen molar-refractivity contribution in [3.8, 4) is 23.0 Å². The number of hydrogen-bond acceptors (Lipinski definition) is 5. The number of carboxylic acids is 1. The van der Waals surface area contributed by atoms with Crippen LogP contribution in [0.4, 0.5) is 17.6 Å². The summed E-state index contributed by atoms with van der Waals surface area (Å²) >= 11 is 12.3. The third kappa shape index (κ3) is 5.03. The molecule has 0 aliphatic carbocycles. The second kappa shape index (κ2) is 9.04. The van der Waals surface area contributed by atoms with E-state index in [1.807, 2.05) is 0 Å². The smallest absolute Gasteiger partial charge is 0.417 e. The normalized spacial score (nSPS) is 13.4. The van der Waals surface area contributed by atoms with E-state index in [4.69, 9.17) is 27.6 Å². The summed E-state index contributed by atoms with van der Waals surface area (Å²) in [7, 11) is 0. The van der Waals surface area contributed by atoms with Gasteiger partial charge in [-0.05, 0) is 35.6 Å². The lowest BCUT2D eigenvalue weighted by atomic mass is 9.77. The number of pyridine rings is 1. The Morgan fingerprint density at radius 1 is 1.08 bits per heavy atom. The van der Waals surface area contributed by atoms with E-state index in [1.54, 1.807) is 20.8 Å². The molecule has 4 rings (SSSR count). The highest BCUT2D eigenvalue weighted by molar-refractivity contribution is 6.33. The highest BCUT2D eigenvalue weighted by Crippen LogP contribution is 2.36. The second-order valence-corrected chi connectivity index (χ2v) is 10.0. The minimum absolute atomic E-state index is 0.0395. The molecular formula is C23H18Cl2F4N4O3. The van der Waals surface area contributed by atoms with Gasteiger partial charge in [0.1, 0.15) is 11.5 Å². The van der Waals surface area contributed by atoms with E-state index in [0.717, 1.165) is 22.7 Å². The Bertz CT molecular complexity index is 1470. The maximum absolute atomic E-state index is 14.9. The molecule has 0 fully saturated rings. The van der Waals surface area contributed by atoms with E-state index in [-0.39, 0.29) is 50.7 Å². The topological polar surface area (TPSA) is 93.5 Å². The molecule has 1 atom stereocenters. The Labute approximate surface area is 211 Å². The molecule has 0 saturated carbocycles. The molecule has 3 heterocycles. The van der Waals surface area contributed by atoms with Crippen LogP contribution in [0.25, 0.3) is 28.7 Å². The molecule has 0 aliphatic rings. The maximum Gasteiger partial charge on any atom is 0.417 e. The first-order valence-corrected chi connectivity index (χ1v) is 11.2. The van der Waals surface area contributed by atoms with Gasteiger partial charge in [-0.1, -0.05) is 44.0 Å². The first-order chi connectivity index (χ1) is 16.6. The molecule has 36 heavy (non-hydrogen) atoms. The van der Waals surface area contributed by atoms with Gasteiger partial charge in [-0.3, -0.25) is 4.79 Å². The molecule has 0 aliphatic heterocycles. The van der Waals surface area contributed by atoms with Crippen LogP contribution in [-0.2, 0) is 17.4 Å². The minimum Gasteiger partial charge on any atom is -0.481 e. The van der Waals surface area contributed by atoms with Gasteiger partial charge < -0.3 is 13.9 Å². The van der Waals surface area contributed by atoms with Crippen LogP contribution in [0, 0.1) is 17.2 Å². The SMILES string of the molecule is CC(C)(C)C(Cc1cc(Cl)c(-c2nnc(-c3cn4cc(C(F)(F)F)cc(Cl)c4n3)o2)cc1F)C(=O)O. The van der Waals surface area contributed by atoms with Crippen LogP contribution >= 0.6 is 23.2 Å². The zero-order valence-corrected chi connectivity index (χ0v) is 20.5. The van der Waals surface area contributed by atoms with Crippen molar-refractivity contribution < 1.29 is 31.9 Å². The summed E-state index contributed by atoms with van der Waals surface area (Å²) in [6.07, 6.45) is -2.63. The summed E-state index contributed by atoms with van der Waals surface area (Å²) < 4.78 is 60.8. The van der Waals surface area contributed by atoms with Crippen LogP contribution in [0.3, 0.4) is 0 Å². The van der Waals surface area contributed by atoms with Crippen molar-refractivity contribution in [1.82, 2.24) is 19.6 Å². The number of aromatic nitrogens is 4. The van der Waals surface area contributed by atoms with E-state index in [2.05, 4.69) is 15.2 Å². The first-order valence-electron chi connectivity index (χ1n) is 10.5. The number of benzene rings is 1. The van der Waals surface area contributed by atoms with Crippen LogP contribution in [0.15, 0.2) is 35.0 Å². The quantitative estimate of drug-likeness (QED) is 0.277. The fraction of sp³-hybridized carbons (Fsp3) is 0.304. The largest absolute Gasteiger partial charge is 0.481 e. The van der Waals surface area contributed by atoms with Gasteiger partial charge in [-0.15, -0.1) is 10.2 Å². The van der Waals surface area contributed by atoms with Gasteiger partial charge in [0.05, 0.1) is 27.1 Å². The molecule has 7 nitrogen and oxygen atoms in total. The molecule has 1 N–H and O–H groups in total. The van der Waals surface area contributed by atoms with Crippen molar-refractivity contribution in [2.75, 3.05) is 0 Å². The lowest BCUT2D eigenvalue weighted by Crippen LogP contribution is -2.30. The molecule has 0 bridgehead atoms. The van der Waals surface area contributed by atoms with E-state index < -0.39 is 34.9 Å². The highest BCUT2D eigenvalue weighted by Gasteiger charge is 2.33. The number of halogens is 6. The van der Waals surface area contributed by atoms with Crippen molar-refractivity contribution in [3.05, 3.63) is 57.6 Å². The molecule has 0 saturated heterocycles. The molecule has 0 radical (unpaired) electrons. The number of aliphatic carboxylic acids is 1. The van der Waals surface area contributed by atoms with Crippen LogP contribution in [-0.4, -0.2) is 30.7 Å². The summed E-state index contributed by atoms with van der Waals surface area (Å²) in [4.78, 5) is 15.8. The number of carboxylic acid groups (broad SMARTS) is 1. The van der Waals surface area contributed by atoms with Crippen molar-refractivity contribution in [1.29, 1.82) is 0 Å². The third-order valence-corrected chi connectivity index (χ3v) is 6.20. The average Bonchev–Trinajstić information content (AvgIpc) is 3.39. The van der Waals surface area contributed by atoms with E-state index in [9.17, 15) is 27.5 Å². The summed E-state index contributed by atoms with van der Waals surface area (Å²) in [6, 6.07) is 3.12. The zero-order chi connectivity index (χ0) is 26.6. The molecule has 0 amide bonds. The Kier molecular flexibility index (Phi) is 6.50. The van der Waals surface area contributed by atoms with Gasteiger partial charge in [0.25, 0.3) is 5.89 Å². The predicted octanol–water partition coefficient (Wildman–Crippen LogP) is 6.81. The number of alkyl halides is 3. The van der Waals surface area contributed by atoms with Crippen molar-refractivity contribution >= 4 is 34.8 Å². The summed E-state index contributed by atoms with van der Waals surface area (Å²) in [6.45, 7) is 5.24. The minimum atomic E-state index is -4.61. The number of hydrogen-bond donors (Lipinski definition) is 1. The lowest BCUT2D eigenvalue weighted by molar-refractivity contribution is -0.145. The molecule has 13 heteroatoms. The Hall–Kier alpha value is -3.18.